The van der Waals surface area contributed by atoms with Crippen molar-refractivity contribution < 1.29 is 14.3 Å². The molecule has 0 aliphatic heterocycles. The lowest BCUT2D eigenvalue weighted by Crippen LogP contribution is -2.05. The van der Waals surface area contributed by atoms with E-state index in [9.17, 15) is 4.79 Å². The van der Waals surface area contributed by atoms with Gasteiger partial charge < -0.3 is 9.47 Å². The zero-order valence-corrected chi connectivity index (χ0v) is 10.2. The van der Waals surface area contributed by atoms with Crippen molar-refractivity contribution in [2.45, 2.75) is 6.92 Å². The molecule has 0 aliphatic carbocycles. The molecule has 0 fully saturated rings. The van der Waals surface area contributed by atoms with E-state index in [0.29, 0.717) is 11.3 Å². The lowest BCUT2D eigenvalue weighted by atomic mass is 10.2. The molecule has 1 rings (SSSR count). The van der Waals surface area contributed by atoms with Crippen LogP contribution in [0.1, 0.15) is 12.5 Å². The van der Waals surface area contributed by atoms with Gasteiger partial charge in [0.2, 0.25) is 0 Å². The van der Waals surface area contributed by atoms with Gasteiger partial charge in [-0.1, -0.05) is 17.2 Å². The number of azide groups is 1. The second-order valence-electron chi connectivity index (χ2n) is 3.22. The van der Waals surface area contributed by atoms with Crippen LogP contribution in [-0.4, -0.2) is 19.7 Å². The predicted octanol–water partition coefficient (Wildman–Crippen LogP) is 2.91. The summed E-state index contributed by atoms with van der Waals surface area (Å²) in [7, 11) is 1.54. The number of hydrogen-bond acceptors (Lipinski definition) is 4. The van der Waals surface area contributed by atoms with Crippen molar-refractivity contribution in [1.29, 1.82) is 0 Å². The number of methoxy groups -OCH3 is 1. The monoisotopic (exact) mass is 247 g/mol. The Morgan fingerprint density at radius 2 is 2.33 bits per heavy atom. The summed E-state index contributed by atoms with van der Waals surface area (Å²) in [4.78, 5) is 14.1. The predicted molar refractivity (Wildman–Crippen MR) is 66.8 cm³/mol. The van der Waals surface area contributed by atoms with Gasteiger partial charge in [0.05, 0.1) is 13.7 Å². The summed E-state index contributed by atoms with van der Waals surface area (Å²) >= 11 is 0. The maximum Gasteiger partial charge on any atom is 0.340 e. The standard InChI is InChI=1S/C12H13N3O3/c1-3-18-12(16)11(14-15-13)8-9-5-4-6-10(7-9)17-2/h4-8H,3H2,1-2H3/b11-8-. The summed E-state index contributed by atoms with van der Waals surface area (Å²) in [6, 6.07) is 7.01. The van der Waals surface area contributed by atoms with E-state index >= 15 is 0 Å². The summed E-state index contributed by atoms with van der Waals surface area (Å²) in [5.41, 5.74) is 9.01. The van der Waals surface area contributed by atoms with Crippen LogP contribution in [0.4, 0.5) is 0 Å². The van der Waals surface area contributed by atoms with Crippen molar-refractivity contribution in [3.63, 3.8) is 0 Å². The number of carbonyl (C=O) groups excluding carboxylic acids is 1. The first-order valence-corrected chi connectivity index (χ1v) is 5.29. The number of rotatable bonds is 5. The molecule has 1 aromatic rings. The van der Waals surface area contributed by atoms with Gasteiger partial charge in [0.25, 0.3) is 0 Å². The van der Waals surface area contributed by atoms with Crippen LogP contribution in [0.3, 0.4) is 0 Å². The molecule has 0 aliphatic rings. The molecule has 0 heterocycles. The smallest absolute Gasteiger partial charge is 0.340 e. The van der Waals surface area contributed by atoms with Crippen LogP contribution < -0.4 is 4.74 Å². The second-order valence-corrected chi connectivity index (χ2v) is 3.22. The van der Waals surface area contributed by atoms with Crippen molar-refractivity contribution >= 4 is 12.0 Å². The number of esters is 1. The lowest BCUT2D eigenvalue weighted by Gasteiger charge is -2.03. The van der Waals surface area contributed by atoms with E-state index in [2.05, 4.69) is 10.0 Å². The third-order valence-electron chi connectivity index (χ3n) is 2.03. The molecule has 94 valence electrons. The van der Waals surface area contributed by atoms with E-state index in [0.717, 1.165) is 0 Å². The molecule has 0 spiro atoms. The summed E-state index contributed by atoms with van der Waals surface area (Å²) in [5, 5.41) is 3.32. The summed E-state index contributed by atoms with van der Waals surface area (Å²) in [6.07, 6.45) is 1.44. The van der Waals surface area contributed by atoms with Crippen molar-refractivity contribution in [2.24, 2.45) is 5.11 Å². The molecule has 6 nitrogen and oxygen atoms in total. The number of nitrogens with zero attached hydrogens (tertiary/aromatic N) is 3. The number of benzene rings is 1. The number of hydrogen-bond donors (Lipinski definition) is 0. The first kappa shape index (κ1) is 13.6. The minimum atomic E-state index is -0.655. The molecule has 6 heteroatoms. The normalized spacial score (nSPS) is 10.4. The Bertz CT molecular complexity index is 505. The van der Waals surface area contributed by atoms with Gasteiger partial charge >= 0.3 is 5.97 Å². The molecule has 0 aromatic heterocycles. The van der Waals surface area contributed by atoms with E-state index in [1.54, 1.807) is 38.3 Å². The van der Waals surface area contributed by atoms with Gasteiger partial charge in [0.15, 0.2) is 0 Å². The maximum atomic E-state index is 11.5. The zero-order chi connectivity index (χ0) is 13.4. The third kappa shape index (κ3) is 3.84. The molecule has 0 unspecified atom stereocenters. The molecule has 0 radical (unpaired) electrons. The van der Waals surface area contributed by atoms with E-state index < -0.39 is 5.97 Å². The molecule has 0 saturated carbocycles. The molecule has 0 bridgehead atoms. The van der Waals surface area contributed by atoms with Gasteiger partial charge in [-0.25, -0.2) is 4.79 Å². The van der Waals surface area contributed by atoms with Gasteiger partial charge in [-0.15, -0.1) is 0 Å². The summed E-state index contributed by atoms with van der Waals surface area (Å²) < 4.78 is 9.84. The maximum absolute atomic E-state index is 11.5. The Labute approximate surface area is 104 Å². The number of ether oxygens (including phenoxy) is 2. The Hall–Kier alpha value is -2.46. The van der Waals surface area contributed by atoms with Gasteiger partial charge in [0, 0.05) is 4.91 Å². The van der Waals surface area contributed by atoms with Gasteiger partial charge in [0.1, 0.15) is 11.4 Å². The van der Waals surface area contributed by atoms with Crippen LogP contribution in [0.15, 0.2) is 35.1 Å². The number of carbonyl (C=O) groups is 1. The Balaban J connectivity index is 3.07. The SMILES string of the molecule is CCOC(=O)/C(=C/c1cccc(OC)c1)N=[N+]=[N-]. The molecular weight excluding hydrogens is 234 g/mol. The fourth-order valence-corrected chi connectivity index (χ4v) is 1.27. The highest BCUT2D eigenvalue weighted by atomic mass is 16.5. The van der Waals surface area contributed by atoms with Gasteiger partial charge in [-0.3, -0.25) is 0 Å². The molecular formula is C12H13N3O3. The minimum Gasteiger partial charge on any atom is -0.497 e. The summed E-state index contributed by atoms with van der Waals surface area (Å²) in [5.74, 6) is -0.00832. The largest absolute Gasteiger partial charge is 0.497 e. The van der Waals surface area contributed by atoms with Crippen molar-refractivity contribution in [3.8, 4) is 5.75 Å². The molecule has 1 aromatic carbocycles. The first-order chi connectivity index (χ1) is 8.71. The van der Waals surface area contributed by atoms with Gasteiger partial charge in [-0.05, 0) is 36.2 Å². The first-order valence-electron chi connectivity index (χ1n) is 5.29. The quantitative estimate of drug-likeness (QED) is 0.263. The summed E-state index contributed by atoms with van der Waals surface area (Å²) in [6.45, 7) is 1.90. The van der Waals surface area contributed by atoms with Crippen LogP contribution in [0, 0.1) is 0 Å². The van der Waals surface area contributed by atoms with Crippen molar-refractivity contribution in [3.05, 3.63) is 46.0 Å². The highest BCUT2D eigenvalue weighted by Gasteiger charge is 2.08. The van der Waals surface area contributed by atoms with Crippen LogP contribution in [0.2, 0.25) is 0 Å². The van der Waals surface area contributed by atoms with E-state index in [1.807, 2.05) is 0 Å². The fraction of sp³-hybridized carbons (Fsp3) is 0.250. The highest BCUT2D eigenvalue weighted by molar-refractivity contribution is 5.93. The second kappa shape index (κ2) is 6.98. The Morgan fingerprint density at radius 1 is 1.56 bits per heavy atom. The highest BCUT2D eigenvalue weighted by Crippen LogP contribution is 2.16. The van der Waals surface area contributed by atoms with E-state index in [4.69, 9.17) is 15.0 Å². The molecule has 0 amide bonds. The van der Waals surface area contributed by atoms with Crippen LogP contribution in [0.5, 0.6) is 5.75 Å². The molecule has 0 atom stereocenters. The third-order valence-corrected chi connectivity index (χ3v) is 2.03. The topological polar surface area (TPSA) is 84.3 Å². The fourth-order valence-electron chi connectivity index (χ4n) is 1.27. The van der Waals surface area contributed by atoms with Crippen LogP contribution in [-0.2, 0) is 9.53 Å². The Kier molecular flexibility index (Phi) is 5.28. The lowest BCUT2D eigenvalue weighted by molar-refractivity contribution is -0.138. The molecule has 0 N–H and O–H groups in total. The average Bonchev–Trinajstić information content (AvgIpc) is 2.39. The van der Waals surface area contributed by atoms with Crippen LogP contribution in [0.25, 0.3) is 16.5 Å². The van der Waals surface area contributed by atoms with Crippen molar-refractivity contribution in [2.75, 3.05) is 13.7 Å². The minimum absolute atomic E-state index is 0.0902. The van der Waals surface area contributed by atoms with E-state index in [-0.39, 0.29) is 12.3 Å². The van der Waals surface area contributed by atoms with Gasteiger partial charge in [-0.2, -0.15) is 0 Å². The molecule has 18 heavy (non-hydrogen) atoms. The zero-order valence-electron chi connectivity index (χ0n) is 10.2. The Morgan fingerprint density at radius 3 is 2.94 bits per heavy atom. The average molecular weight is 247 g/mol. The van der Waals surface area contributed by atoms with Crippen LogP contribution >= 0.6 is 0 Å². The van der Waals surface area contributed by atoms with Crippen molar-refractivity contribution in [1.82, 2.24) is 0 Å². The molecule has 0 saturated heterocycles. The van der Waals surface area contributed by atoms with E-state index in [1.165, 1.54) is 6.08 Å².